The molecule has 2 saturated carbocycles. The Bertz CT molecular complexity index is 1490. The Morgan fingerprint density at radius 2 is 1.70 bits per heavy atom. The topological polar surface area (TPSA) is 154 Å². The van der Waals surface area contributed by atoms with Crippen LogP contribution in [0.15, 0.2) is 48.8 Å². The van der Waals surface area contributed by atoms with Crippen LogP contribution in [0.3, 0.4) is 0 Å². The second-order valence-corrected chi connectivity index (χ2v) is 13.5. The van der Waals surface area contributed by atoms with Gasteiger partial charge in [-0.25, -0.2) is 4.79 Å². The highest BCUT2D eigenvalue weighted by Crippen LogP contribution is 2.68. The molecule has 0 spiro atoms. The molecule has 0 aromatic carbocycles. The standard InChI is InChI=1S/C35H43NO11/c1-9-26(40)46-28-19(4)15-35(47-22(7)39)27(28)30(43-20(5)37)34-17-42-33(8,32(35)44-21(6)38)29(34)24(18(2)3)12-13-25(34)45-31(41)23-11-10-14-36-16-23/h10-14,16,19,24-25,27-30,32H,2,9,15,17H2,1,3-8H3. The summed E-state index contributed by atoms with van der Waals surface area (Å²) < 4.78 is 37.9. The van der Waals surface area contributed by atoms with Crippen LogP contribution in [0.25, 0.3) is 0 Å². The van der Waals surface area contributed by atoms with E-state index in [1.54, 1.807) is 32.1 Å². The number of rotatable bonds is 8. The van der Waals surface area contributed by atoms with Crippen molar-refractivity contribution in [1.29, 1.82) is 0 Å². The first kappa shape index (κ1) is 34.3. The molecule has 47 heavy (non-hydrogen) atoms. The summed E-state index contributed by atoms with van der Waals surface area (Å²) in [7, 11) is 0. The van der Waals surface area contributed by atoms with Gasteiger partial charge in [0.1, 0.15) is 23.9 Å². The van der Waals surface area contributed by atoms with Crippen LogP contribution < -0.4 is 0 Å². The molecule has 1 aromatic heterocycles. The molecule has 0 N–H and O–H groups in total. The van der Waals surface area contributed by atoms with E-state index in [0.717, 1.165) is 5.57 Å². The highest BCUT2D eigenvalue weighted by molar-refractivity contribution is 5.89. The Morgan fingerprint density at radius 1 is 1.00 bits per heavy atom. The second kappa shape index (κ2) is 12.5. The smallest absolute Gasteiger partial charge is 0.340 e. The Morgan fingerprint density at radius 3 is 2.28 bits per heavy atom. The minimum atomic E-state index is -1.69. The van der Waals surface area contributed by atoms with Gasteiger partial charge >= 0.3 is 29.8 Å². The van der Waals surface area contributed by atoms with Crippen molar-refractivity contribution in [2.45, 2.75) is 96.9 Å². The lowest BCUT2D eigenvalue weighted by Gasteiger charge is -2.51. The number of carbonyl (C=O) groups excluding carboxylic acids is 5. The molecule has 11 atom stereocenters. The third-order valence-electron chi connectivity index (χ3n) is 10.3. The lowest BCUT2D eigenvalue weighted by molar-refractivity contribution is -0.246. The number of esters is 5. The molecule has 11 unspecified atom stereocenters. The zero-order valence-electron chi connectivity index (χ0n) is 27.8. The van der Waals surface area contributed by atoms with Gasteiger partial charge < -0.3 is 28.4 Å². The first-order valence-corrected chi connectivity index (χ1v) is 15.9. The van der Waals surface area contributed by atoms with Gasteiger partial charge in [0.05, 0.1) is 23.5 Å². The van der Waals surface area contributed by atoms with Crippen LogP contribution in [0.2, 0.25) is 0 Å². The summed E-state index contributed by atoms with van der Waals surface area (Å²) in [6, 6.07) is 3.18. The molecule has 2 bridgehead atoms. The fourth-order valence-corrected chi connectivity index (χ4v) is 8.90. The van der Waals surface area contributed by atoms with Crippen molar-refractivity contribution in [2.24, 2.45) is 29.1 Å². The van der Waals surface area contributed by atoms with Gasteiger partial charge in [0.15, 0.2) is 11.7 Å². The number of allylic oxidation sites excluding steroid dienone is 2. The van der Waals surface area contributed by atoms with E-state index in [4.69, 9.17) is 28.4 Å². The van der Waals surface area contributed by atoms with Crippen LogP contribution in [0.5, 0.6) is 0 Å². The van der Waals surface area contributed by atoms with Gasteiger partial charge in [-0.1, -0.05) is 32.1 Å². The van der Waals surface area contributed by atoms with E-state index in [0.29, 0.717) is 0 Å². The Labute approximate surface area is 274 Å². The summed E-state index contributed by atoms with van der Waals surface area (Å²) in [6.45, 7) is 15.0. The largest absolute Gasteiger partial charge is 0.461 e. The average molecular weight is 654 g/mol. The van der Waals surface area contributed by atoms with E-state index in [2.05, 4.69) is 11.6 Å². The number of aromatic nitrogens is 1. The minimum absolute atomic E-state index is 0.0581. The van der Waals surface area contributed by atoms with Crippen LogP contribution in [0.1, 0.15) is 71.7 Å². The van der Waals surface area contributed by atoms with Crippen molar-refractivity contribution in [3.05, 3.63) is 54.4 Å². The predicted molar refractivity (Wildman–Crippen MR) is 164 cm³/mol. The van der Waals surface area contributed by atoms with E-state index in [1.165, 1.54) is 33.2 Å². The minimum Gasteiger partial charge on any atom is -0.461 e. The SMILES string of the molecule is C=C(C)C1C=CC(OC(=O)c2cccnc2)C23COC(C)(C(OC(C)=O)C4(OC(C)=O)CC(C)C(OC(=O)CC)C4C2OC(C)=O)C13. The number of pyridine rings is 1. The molecular weight excluding hydrogens is 610 g/mol. The number of fused-ring (bicyclic) bond motifs is 1. The van der Waals surface area contributed by atoms with Crippen LogP contribution in [0.4, 0.5) is 0 Å². The third kappa shape index (κ3) is 5.54. The summed E-state index contributed by atoms with van der Waals surface area (Å²) in [6.07, 6.45) is 2.15. The summed E-state index contributed by atoms with van der Waals surface area (Å²) in [5.74, 6) is -5.86. The fraction of sp³-hybridized carbons (Fsp3) is 0.600. The highest BCUT2D eigenvalue weighted by Gasteiger charge is 2.82. The molecule has 12 nitrogen and oxygen atoms in total. The third-order valence-corrected chi connectivity index (χ3v) is 10.3. The van der Waals surface area contributed by atoms with Gasteiger partial charge in [0.25, 0.3) is 0 Å². The lowest BCUT2D eigenvalue weighted by Crippen LogP contribution is -2.64. The number of hydrogen-bond donors (Lipinski definition) is 0. The second-order valence-electron chi connectivity index (χ2n) is 13.5. The predicted octanol–water partition coefficient (Wildman–Crippen LogP) is 3.92. The summed E-state index contributed by atoms with van der Waals surface area (Å²) in [5.41, 5.74) is -3.53. The molecule has 0 amide bonds. The Hall–Kier alpha value is -4.06. The van der Waals surface area contributed by atoms with Gasteiger partial charge in [-0.3, -0.25) is 24.2 Å². The van der Waals surface area contributed by atoms with Crippen molar-refractivity contribution < 1.29 is 52.4 Å². The highest BCUT2D eigenvalue weighted by atomic mass is 16.6. The molecule has 4 aliphatic rings. The van der Waals surface area contributed by atoms with Gasteiger partial charge in [-0.15, -0.1) is 0 Å². The lowest BCUT2D eigenvalue weighted by atomic mass is 9.55. The van der Waals surface area contributed by atoms with E-state index < -0.39 is 94.6 Å². The van der Waals surface area contributed by atoms with Gasteiger partial charge in [0, 0.05) is 51.4 Å². The zero-order valence-corrected chi connectivity index (χ0v) is 27.8. The Kier molecular flexibility index (Phi) is 9.13. The van der Waals surface area contributed by atoms with Crippen molar-refractivity contribution in [3.8, 4) is 0 Å². The quantitative estimate of drug-likeness (QED) is 0.227. The first-order chi connectivity index (χ1) is 22.1. The maximum Gasteiger partial charge on any atom is 0.340 e. The van der Waals surface area contributed by atoms with Gasteiger partial charge in [0.2, 0.25) is 0 Å². The maximum absolute atomic E-state index is 13.6. The molecule has 0 radical (unpaired) electrons. The molecule has 12 heteroatoms. The van der Waals surface area contributed by atoms with Gasteiger partial charge in [-0.2, -0.15) is 0 Å². The van der Waals surface area contributed by atoms with E-state index >= 15 is 0 Å². The van der Waals surface area contributed by atoms with Crippen LogP contribution in [-0.4, -0.2) is 77.1 Å². The fourth-order valence-electron chi connectivity index (χ4n) is 8.90. The van der Waals surface area contributed by atoms with E-state index in [-0.39, 0.29) is 25.0 Å². The van der Waals surface area contributed by atoms with Crippen molar-refractivity contribution >= 4 is 29.8 Å². The molecule has 1 aliphatic heterocycles. The summed E-state index contributed by atoms with van der Waals surface area (Å²) >= 11 is 0. The number of ether oxygens (including phenoxy) is 6. The number of nitrogens with zero attached hydrogens (tertiary/aromatic N) is 1. The van der Waals surface area contributed by atoms with E-state index in [1.807, 2.05) is 19.9 Å². The van der Waals surface area contributed by atoms with Crippen molar-refractivity contribution in [2.75, 3.05) is 6.61 Å². The molecule has 1 aromatic rings. The molecule has 3 fully saturated rings. The van der Waals surface area contributed by atoms with Crippen LogP contribution in [-0.2, 0) is 47.6 Å². The Balaban J connectivity index is 1.85. The summed E-state index contributed by atoms with van der Waals surface area (Å²) in [4.78, 5) is 69.8. The molecule has 1 saturated heterocycles. The number of carbonyl (C=O) groups is 5. The monoisotopic (exact) mass is 653 g/mol. The van der Waals surface area contributed by atoms with Crippen LogP contribution >= 0.6 is 0 Å². The van der Waals surface area contributed by atoms with Crippen molar-refractivity contribution in [1.82, 2.24) is 4.98 Å². The average Bonchev–Trinajstić information content (AvgIpc) is 3.45. The maximum atomic E-state index is 13.6. The molecular formula is C35H43NO11. The molecule has 3 aliphatic carbocycles. The zero-order chi connectivity index (χ0) is 34.5. The van der Waals surface area contributed by atoms with Crippen molar-refractivity contribution in [3.63, 3.8) is 0 Å². The van der Waals surface area contributed by atoms with Crippen LogP contribution in [0, 0.1) is 29.1 Å². The normalized spacial score (nSPS) is 38.2. The first-order valence-electron chi connectivity index (χ1n) is 15.9. The van der Waals surface area contributed by atoms with E-state index in [9.17, 15) is 24.0 Å². The van der Waals surface area contributed by atoms with Gasteiger partial charge in [-0.05, 0) is 44.4 Å². The molecule has 2 heterocycles. The number of hydrogen-bond acceptors (Lipinski definition) is 12. The summed E-state index contributed by atoms with van der Waals surface area (Å²) in [5, 5.41) is 0. The molecule has 5 rings (SSSR count). The molecule has 254 valence electrons.